The van der Waals surface area contributed by atoms with Crippen molar-refractivity contribution in [3.05, 3.63) is 53.6 Å². The van der Waals surface area contributed by atoms with Gasteiger partial charge in [0.1, 0.15) is 0 Å². The van der Waals surface area contributed by atoms with E-state index in [2.05, 4.69) is 39.5 Å². The Bertz CT molecular complexity index is 822. The molecule has 4 N–H and O–H groups in total. The van der Waals surface area contributed by atoms with Gasteiger partial charge in [0.2, 0.25) is 0 Å². The lowest BCUT2D eigenvalue weighted by Gasteiger charge is -2.29. The molecule has 0 radical (unpaired) electrons. The highest BCUT2D eigenvalue weighted by atomic mass is 127. The Kier molecular flexibility index (Phi) is 9.67. The van der Waals surface area contributed by atoms with Gasteiger partial charge in [-0.2, -0.15) is 0 Å². The summed E-state index contributed by atoms with van der Waals surface area (Å²) in [6, 6.07) is 13.9. The van der Waals surface area contributed by atoms with E-state index in [1.165, 1.54) is 5.56 Å². The molecule has 8 heteroatoms. The largest absolute Gasteiger partial charge is 0.493 e. The molecule has 0 aromatic heterocycles. The van der Waals surface area contributed by atoms with Gasteiger partial charge in [0.25, 0.3) is 0 Å². The average Bonchev–Trinajstić information content (AvgIpc) is 2.74. The number of hydrogen-bond donors (Lipinski definition) is 3. The lowest BCUT2D eigenvalue weighted by molar-refractivity contribution is 0.0792. The minimum atomic E-state index is -0.135. The number of nitrogens with one attached hydrogen (secondary N) is 1. The highest BCUT2D eigenvalue weighted by molar-refractivity contribution is 14.0. The van der Waals surface area contributed by atoms with E-state index in [0.29, 0.717) is 24.0 Å². The fraction of sp³-hybridized carbons (Fsp3) is 0.409. The van der Waals surface area contributed by atoms with Crippen molar-refractivity contribution >= 4 is 35.6 Å². The molecule has 0 bridgehead atoms. The molecule has 1 aliphatic heterocycles. The third kappa shape index (κ3) is 7.03. The Morgan fingerprint density at radius 1 is 1.07 bits per heavy atom. The van der Waals surface area contributed by atoms with E-state index in [4.69, 9.17) is 15.2 Å². The summed E-state index contributed by atoms with van der Waals surface area (Å²) in [6.45, 7) is 3.32. The van der Waals surface area contributed by atoms with Gasteiger partial charge < -0.3 is 25.6 Å². The lowest BCUT2D eigenvalue weighted by atomic mass is 10.1. The molecule has 2 aromatic rings. The molecule has 0 spiro atoms. The number of aliphatic hydroxyl groups is 1. The zero-order chi connectivity index (χ0) is 20.6. The van der Waals surface area contributed by atoms with Crippen molar-refractivity contribution in [3.63, 3.8) is 0 Å². The average molecular weight is 526 g/mol. The Labute approximate surface area is 195 Å². The number of nitrogens with two attached hydrogens (primary N) is 1. The van der Waals surface area contributed by atoms with Crippen LogP contribution in [0.2, 0.25) is 0 Å². The van der Waals surface area contributed by atoms with Crippen molar-refractivity contribution in [2.24, 2.45) is 10.7 Å². The zero-order valence-electron chi connectivity index (χ0n) is 17.5. The van der Waals surface area contributed by atoms with Crippen LogP contribution in [0.15, 0.2) is 47.5 Å². The number of halogens is 1. The Balaban J connectivity index is 0.00000320. The number of guanidine groups is 1. The summed E-state index contributed by atoms with van der Waals surface area (Å²) < 4.78 is 10.5. The molecular formula is C22H31IN4O3. The molecule has 164 valence electrons. The monoisotopic (exact) mass is 526 g/mol. The van der Waals surface area contributed by atoms with Crippen LogP contribution in [0.1, 0.15) is 24.0 Å². The molecule has 1 fully saturated rings. The molecule has 3 rings (SSSR count). The molecule has 7 nitrogen and oxygen atoms in total. The summed E-state index contributed by atoms with van der Waals surface area (Å²) in [6.07, 6.45) is 1.59. The number of piperidine rings is 1. The molecular weight excluding hydrogens is 495 g/mol. The van der Waals surface area contributed by atoms with Gasteiger partial charge in [0.15, 0.2) is 17.5 Å². The first-order chi connectivity index (χ1) is 14.1. The molecule has 0 saturated carbocycles. The van der Waals surface area contributed by atoms with Crippen molar-refractivity contribution in [2.45, 2.75) is 32.0 Å². The summed E-state index contributed by atoms with van der Waals surface area (Å²) in [5.74, 6) is 1.63. The molecule has 30 heavy (non-hydrogen) atoms. The van der Waals surface area contributed by atoms with Gasteiger partial charge >= 0.3 is 0 Å². The SMILES string of the molecule is COc1ccc(NC(N)=NCc2ccc(CN3CCC(O)CC3)cc2)cc1OC.I. The second-order valence-corrected chi connectivity index (χ2v) is 7.22. The first-order valence-corrected chi connectivity index (χ1v) is 9.84. The molecule has 2 aromatic carbocycles. The van der Waals surface area contributed by atoms with E-state index in [1.54, 1.807) is 14.2 Å². The highest BCUT2D eigenvalue weighted by Crippen LogP contribution is 2.29. The number of anilines is 1. The van der Waals surface area contributed by atoms with E-state index in [1.807, 2.05) is 18.2 Å². The molecule has 1 heterocycles. The third-order valence-electron chi connectivity index (χ3n) is 5.07. The number of ether oxygens (including phenoxy) is 2. The number of hydrogen-bond acceptors (Lipinski definition) is 5. The lowest BCUT2D eigenvalue weighted by Crippen LogP contribution is -2.35. The van der Waals surface area contributed by atoms with E-state index in [0.717, 1.165) is 43.7 Å². The molecule has 0 atom stereocenters. The number of aliphatic imine (C=N–C) groups is 1. The van der Waals surface area contributed by atoms with Crippen LogP contribution in [0.4, 0.5) is 5.69 Å². The van der Waals surface area contributed by atoms with Crippen LogP contribution in [0.3, 0.4) is 0 Å². The highest BCUT2D eigenvalue weighted by Gasteiger charge is 2.16. The topological polar surface area (TPSA) is 92.3 Å². The minimum absolute atomic E-state index is 0. The van der Waals surface area contributed by atoms with Crippen LogP contribution < -0.4 is 20.5 Å². The summed E-state index contributed by atoms with van der Waals surface area (Å²) in [5.41, 5.74) is 9.17. The van der Waals surface area contributed by atoms with E-state index in [-0.39, 0.29) is 30.1 Å². The number of nitrogens with zero attached hydrogens (tertiary/aromatic N) is 2. The molecule has 1 saturated heterocycles. The number of aliphatic hydroxyl groups excluding tert-OH is 1. The van der Waals surface area contributed by atoms with Crippen molar-refractivity contribution in [1.29, 1.82) is 0 Å². The van der Waals surface area contributed by atoms with Crippen molar-refractivity contribution in [3.8, 4) is 11.5 Å². The van der Waals surface area contributed by atoms with Crippen molar-refractivity contribution in [2.75, 3.05) is 32.6 Å². The van der Waals surface area contributed by atoms with Crippen LogP contribution in [0.25, 0.3) is 0 Å². The van der Waals surface area contributed by atoms with Crippen molar-refractivity contribution < 1.29 is 14.6 Å². The van der Waals surface area contributed by atoms with Gasteiger partial charge in [0.05, 0.1) is 26.9 Å². The van der Waals surface area contributed by atoms with Crippen molar-refractivity contribution in [1.82, 2.24) is 4.90 Å². The summed E-state index contributed by atoms with van der Waals surface area (Å²) in [5, 5.41) is 12.7. The van der Waals surface area contributed by atoms with Gasteiger partial charge in [-0.05, 0) is 36.1 Å². The van der Waals surface area contributed by atoms with Gasteiger partial charge in [0, 0.05) is 31.4 Å². The summed E-state index contributed by atoms with van der Waals surface area (Å²) in [4.78, 5) is 6.79. The Morgan fingerprint density at radius 3 is 2.33 bits per heavy atom. The second kappa shape index (κ2) is 12.0. The molecule has 0 aliphatic carbocycles. The minimum Gasteiger partial charge on any atom is -0.493 e. The van der Waals surface area contributed by atoms with Crippen LogP contribution in [-0.4, -0.2) is 49.4 Å². The maximum Gasteiger partial charge on any atom is 0.193 e. The molecule has 0 amide bonds. The molecule has 1 aliphatic rings. The van der Waals surface area contributed by atoms with E-state index >= 15 is 0 Å². The predicted octanol–water partition coefficient (Wildman–Crippen LogP) is 3.21. The second-order valence-electron chi connectivity index (χ2n) is 7.22. The zero-order valence-corrected chi connectivity index (χ0v) is 19.8. The number of likely N-dealkylation sites (tertiary alicyclic amines) is 1. The predicted molar refractivity (Wildman–Crippen MR) is 131 cm³/mol. The fourth-order valence-electron chi connectivity index (χ4n) is 3.36. The Morgan fingerprint density at radius 2 is 1.70 bits per heavy atom. The number of rotatable bonds is 7. The summed E-state index contributed by atoms with van der Waals surface area (Å²) >= 11 is 0. The maximum absolute atomic E-state index is 9.61. The first-order valence-electron chi connectivity index (χ1n) is 9.84. The maximum atomic E-state index is 9.61. The summed E-state index contributed by atoms with van der Waals surface area (Å²) in [7, 11) is 3.19. The fourth-order valence-corrected chi connectivity index (χ4v) is 3.36. The molecule has 0 unspecified atom stereocenters. The van der Waals surface area contributed by atoms with Gasteiger partial charge in [-0.25, -0.2) is 4.99 Å². The standard InChI is InChI=1S/C22H30N4O3.HI/c1-28-20-8-7-18(13-21(20)29-2)25-22(23)24-14-16-3-5-17(6-4-16)15-26-11-9-19(27)10-12-26;/h3-8,13,19,27H,9-12,14-15H2,1-2H3,(H3,23,24,25);1H. The number of benzene rings is 2. The van der Waals surface area contributed by atoms with E-state index in [9.17, 15) is 5.11 Å². The van der Waals surface area contributed by atoms with E-state index < -0.39 is 0 Å². The quantitative estimate of drug-likeness (QED) is 0.292. The van der Waals surface area contributed by atoms with Crippen LogP contribution >= 0.6 is 24.0 Å². The third-order valence-corrected chi connectivity index (χ3v) is 5.07. The normalized spacial score (nSPS) is 15.4. The Hall–Kier alpha value is -2.04. The first kappa shape index (κ1) is 24.2. The van der Waals surface area contributed by atoms with Crippen LogP contribution in [-0.2, 0) is 13.1 Å². The smallest absolute Gasteiger partial charge is 0.193 e. The van der Waals surface area contributed by atoms with Crippen LogP contribution in [0.5, 0.6) is 11.5 Å². The number of methoxy groups -OCH3 is 2. The van der Waals surface area contributed by atoms with Gasteiger partial charge in [-0.15, -0.1) is 24.0 Å². The van der Waals surface area contributed by atoms with Gasteiger partial charge in [-0.1, -0.05) is 24.3 Å². The van der Waals surface area contributed by atoms with Crippen LogP contribution in [0, 0.1) is 0 Å². The van der Waals surface area contributed by atoms with Gasteiger partial charge in [-0.3, -0.25) is 4.90 Å².